The van der Waals surface area contributed by atoms with Crippen molar-refractivity contribution < 1.29 is 13.2 Å². The Morgan fingerprint density at radius 2 is 1.60 bits per heavy atom. The van der Waals surface area contributed by atoms with E-state index in [1.165, 1.54) is 0 Å². The Labute approximate surface area is 115 Å². The number of benzene rings is 2. The Morgan fingerprint density at radius 1 is 1.00 bits per heavy atom. The fourth-order valence-electron chi connectivity index (χ4n) is 2.23. The van der Waals surface area contributed by atoms with Crippen LogP contribution in [-0.2, 0) is 0 Å². The quantitative estimate of drug-likeness (QED) is 0.669. The molecule has 0 aromatic heterocycles. The third-order valence-corrected chi connectivity index (χ3v) is 3.24. The summed E-state index contributed by atoms with van der Waals surface area (Å²) in [4.78, 5) is 0. The van der Waals surface area contributed by atoms with Crippen LogP contribution in [0.2, 0.25) is 0 Å². The van der Waals surface area contributed by atoms with E-state index < -0.39 is 23.5 Å². The molecular formula is C15H15F3N2. The van der Waals surface area contributed by atoms with Gasteiger partial charge in [-0.1, -0.05) is 23.8 Å². The van der Waals surface area contributed by atoms with Crippen molar-refractivity contribution >= 4 is 0 Å². The zero-order valence-electron chi connectivity index (χ0n) is 11.2. The van der Waals surface area contributed by atoms with Gasteiger partial charge in [0, 0.05) is 17.7 Å². The van der Waals surface area contributed by atoms with E-state index in [9.17, 15) is 13.2 Å². The normalized spacial score (nSPS) is 12.5. The van der Waals surface area contributed by atoms with Crippen molar-refractivity contribution in [1.82, 2.24) is 5.43 Å². The summed E-state index contributed by atoms with van der Waals surface area (Å²) in [7, 11) is 0. The Morgan fingerprint density at radius 3 is 2.15 bits per heavy atom. The molecule has 106 valence electrons. The van der Waals surface area contributed by atoms with Crippen LogP contribution in [-0.4, -0.2) is 0 Å². The van der Waals surface area contributed by atoms with Crippen molar-refractivity contribution in [2.45, 2.75) is 19.9 Å². The molecule has 0 saturated carbocycles. The van der Waals surface area contributed by atoms with Crippen molar-refractivity contribution in [3.63, 3.8) is 0 Å². The first kappa shape index (κ1) is 14.6. The van der Waals surface area contributed by atoms with Gasteiger partial charge < -0.3 is 0 Å². The molecule has 0 heterocycles. The molecule has 0 aliphatic carbocycles. The first-order chi connectivity index (χ1) is 9.43. The van der Waals surface area contributed by atoms with E-state index in [4.69, 9.17) is 5.84 Å². The van der Waals surface area contributed by atoms with Crippen molar-refractivity contribution in [3.05, 3.63) is 70.0 Å². The van der Waals surface area contributed by atoms with Crippen LogP contribution in [0.1, 0.15) is 28.3 Å². The molecular weight excluding hydrogens is 265 g/mol. The van der Waals surface area contributed by atoms with Crippen LogP contribution in [0.25, 0.3) is 0 Å². The number of hydrazine groups is 1. The fraction of sp³-hybridized carbons (Fsp3) is 0.200. The van der Waals surface area contributed by atoms with E-state index in [0.29, 0.717) is 17.7 Å². The maximum absolute atomic E-state index is 13.9. The highest BCUT2D eigenvalue weighted by atomic mass is 19.1. The molecule has 0 amide bonds. The SMILES string of the molecule is Cc1ccc(C)c(C(NN)c2c(F)cc(F)cc2F)c1. The lowest BCUT2D eigenvalue weighted by atomic mass is 9.93. The van der Waals surface area contributed by atoms with Gasteiger partial charge in [0.15, 0.2) is 0 Å². The van der Waals surface area contributed by atoms with Crippen LogP contribution in [0.3, 0.4) is 0 Å². The largest absolute Gasteiger partial charge is 0.271 e. The van der Waals surface area contributed by atoms with Gasteiger partial charge in [0.1, 0.15) is 17.5 Å². The van der Waals surface area contributed by atoms with Crippen molar-refractivity contribution in [2.75, 3.05) is 0 Å². The summed E-state index contributed by atoms with van der Waals surface area (Å²) in [6.07, 6.45) is 0. The minimum atomic E-state index is -0.966. The number of aryl methyl sites for hydroxylation is 2. The zero-order chi connectivity index (χ0) is 14.9. The van der Waals surface area contributed by atoms with Crippen LogP contribution >= 0.6 is 0 Å². The molecule has 2 rings (SSSR count). The molecule has 1 atom stereocenters. The third kappa shape index (κ3) is 2.69. The second-order valence-corrected chi connectivity index (χ2v) is 4.74. The number of hydrogen-bond donors (Lipinski definition) is 2. The maximum Gasteiger partial charge on any atom is 0.134 e. The predicted molar refractivity (Wildman–Crippen MR) is 71.4 cm³/mol. The number of nitrogens with one attached hydrogen (secondary N) is 1. The summed E-state index contributed by atoms with van der Waals surface area (Å²) in [5, 5.41) is 0. The summed E-state index contributed by atoms with van der Waals surface area (Å²) < 4.78 is 40.8. The Balaban J connectivity index is 2.61. The van der Waals surface area contributed by atoms with E-state index in [1.54, 1.807) is 6.07 Å². The lowest BCUT2D eigenvalue weighted by Crippen LogP contribution is -2.31. The minimum absolute atomic E-state index is 0.289. The van der Waals surface area contributed by atoms with Gasteiger partial charge in [-0.05, 0) is 25.0 Å². The summed E-state index contributed by atoms with van der Waals surface area (Å²) in [5.41, 5.74) is 4.54. The average molecular weight is 280 g/mol. The van der Waals surface area contributed by atoms with E-state index >= 15 is 0 Å². The Hall–Kier alpha value is -1.85. The molecule has 2 aromatic carbocycles. The van der Waals surface area contributed by atoms with Gasteiger partial charge >= 0.3 is 0 Å². The molecule has 0 fully saturated rings. The topological polar surface area (TPSA) is 38.0 Å². The fourth-order valence-corrected chi connectivity index (χ4v) is 2.23. The third-order valence-electron chi connectivity index (χ3n) is 3.24. The first-order valence-electron chi connectivity index (χ1n) is 6.11. The summed E-state index contributed by atoms with van der Waals surface area (Å²) in [5.74, 6) is 2.56. The second kappa shape index (κ2) is 5.64. The van der Waals surface area contributed by atoms with E-state index in [2.05, 4.69) is 5.43 Å². The highest BCUT2D eigenvalue weighted by Crippen LogP contribution is 2.29. The van der Waals surface area contributed by atoms with Gasteiger partial charge in [-0.25, -0.2) is 18.6 Å². The highest BCUT2D eigenvalue weighted by Gasteiger charge is 2.23. The lowest BCUT2D eigenvalue weighted by Gasteiger charge is -2.21. The number of halogens is 3. The van der Waals surface area contributed by atoms with E-state index in [0.717, 1.165) is 11.1 Å². The van der Waals surface area contributed by atoms with Crippen molar-refractivity contribution in [1.29, 1.82) is 0 Å². The van der Waals surface area contributed by atoms with E-state index in [-0.39, 0.29) is 5.56 Å². The van der Waals surface area contributed by atoms with Gasteiger partial charge in [0.05, 0.1) is 6.04 Å². The van der Waals surface area contributed by atoms with Gasteiger partial charge in [-0.3, -0.25) is 5.84 Å². The lowest BCUT2D eigenvalue weighted by molar-refractivity contribution is 0.491. The zero-order valence-corrected chi connectivity index (χ0v) is 11.2. The molecule has 5 heteroatoms. The van der Waals surface area contributed by atoms with Gasteiger partial charge in [-0.2, -0.15) is 0 Å². The van der Waals surface area contributed by atoms with Gasteiger partial charge in [-0.15, -0.1) is 0 Å². The standard InChI is InChI=1S/C15H15F3N2/c1-8-3-4-9(2)11(5-8)15(20-19)14-12(17)6-10(16)7-13(14)18/h3-7,15,20H,19H2,1-2H3. The molecule has 1 unspecified atom stereocenters. The van der Waals surface area contributed by atoms with Crippen LogP contribution in [0.15, 0.2) is 30.3 Å². The second-order valence-electron chi connectivity index (χ2n) is 4.74. The first-order valence-corrected chi connectivity index (χ1v) is 6.11. The summed E-state index contributed by atoms with van der Waals surface area (Å²) >= 11 is 0. The predicted octanol–water partition coefficient (Wildman–Crippen LogP) is 3.27. The van der Waals surface area contributed by atoms with Crippen LogP contribution in [0, 0.1) is 31.3 Å². The molecule has 20 heavy (non-hydrogen) atoms. The molecule has 0 aliphatic heterocycles. The van der Waals surface area contributed by atoms with Crippen molar-refractivity contribution in [3.8, 4) is 0 Å². The molecule has 2 nitrogen and oxygen atoms in total. The molecule has 0 radical (unpaired) electrons. The van der Waals surface area contributed by atoms with Crippen LogP contribution in [0.5, 0.6) is 0 Å². The molecule has 0 aliphatic rings. The smallest absolute Gasteiger partial charge is 0.134 e. The number of rotatable bonds is 3. The van der Waals surface area contributed by atoms with Crippen LogP contribution < -0.4 is 11.3 Å². The van der Waals surface area contributed by atoms with Gasteiger partial charge in [0.25, 0.3) is 0 Å². The number of hydrogen-bond acceptors (Lipinski definition) is 2. The maximum atomic E-state index is 13.9. The molecule has 0 bridgehead atoms. The number of nitrogens with two attached hydrogens (primary N) is 1. The summed E-state index contributed by atoms with van der Waals surface area (Å²) in [6.45, 7) is 3.69. The Bertz CT molecular complexity index is 618. The average Bonchev–Trinajstić information content (AvgIpc) is 2.37. The minimum Gasteiger partial charge on any atom is -0.271 e. The Kier molecular flexibility index (Phi) is 4.11. The molecule has 0 saturated heterocycles. The van der Waals surface area contributed by atoms with Gasteiger partial charge in [0.2, 0.25) is 0 Å². The van der Waals surface area contributed by atoms with Crippen LogP contribution in [0.4, 0.5) is 13.2 Å². The molecule has 3 N–H and O–H groups in total. The highest BCUT2D eigenvalue weighted by molar-refractivity contribution is 5.40. The van der Waals surface area contributed by atoms with Crippen molar-refractivity contribution in [2.24, 2.45) is 5.84 Å². The molecule has 0 spiro atoms. The summed E-state index contributed by atoms with van der Waals surface area (Å²) in [6, 6.07) is 5.94. The monoisotopic (exact) mass is 280 g/mol. The molecule has 2 aromatic rings. The van der Waals surface area contributed by atoms with E-state index in [1.807, 2.05) is 26.0 Å².